The van der Waals surface area contributed by atoms with Gasteiger partial charge in [-0.2, -0.15) is 0 Å². The van der Waals surface area contributed by atoms with Gasteiger partial charge in [0.2, 0.25) is 6.49 Å². The molecular weight excluding hydrogens is 559 g/mol. The van der Waals surface area contributed by atoms with Crippen LogP contribution in [0, 0.1) is 0 Å². The van der Waals surface area contributed by atoms with Gasteiger partial charge in [0.25, 0.3) is 0 Å². The van der Waals surface area contributed by atoms with E-state index in [0.29, 0.717) is 13.2 Å². The van der Waals surface area contributed by atoms with Crippen LogP contribution in [0.2, 0.25) is 0 Å². The van der Waals surface area contributed by atoms with Crippen LogP contribution in [0.25, 0.3) is 0 Å². The van der Waals surface area contributed by atoms with Crippen LogP contribution in [-0.4, -0.2) is 15.4 Å². The van der Waals surface area contributed by atoms with Crippen molar-refractivity contribution in [2.45, 2.75) is 21.9 Å². The highest BCUT2D eigenvalue weighted by Gasteiger charge is 2.29. The minimum Gasteiger partial charge on any atom is -0.326 e. The van der Waals surface area contributed by atoms with Gasteiger partial charge in [-0.3, -0.25) is 0 Å². The summed E-state index contributed by atoms with van der Waals surface area (Å²) in [5, 5.41) is 0.905. The average Bonchev–Trinajstić information content (AvgIpc) is 2.36. The summed E-state index contributed by atoms with van der Waals surface area (Å²) in [4.78, 5) is 0. The molecule has 20 heavy (non-hydrogen) atoms. The molecule has 0 fully saturated rings. The third kappa shape index (κ3) is 6.86. The fraction of sp³-hybridized carbons (Fsp3) is 0.500. The molecule has 0 aromatic heterocycles. The quantitative estimate of drug-likeness (QED) is 0.225. The molecule has 114 valence electrons. The molecule has 8 heteroatoms. The Bertz CT molecular complexity index is 479. The fourth-order valence-electron chi connectivity index (χ4n) is 1.34. The van der Waals surface area contributed by atoms with Gasteiger partial charge in [0, 0.05) is 4.47 Å². The highest BCUT2D eigenvalue weighted by atomic mass is 80.0. The summed E-state index contributed by atoms with van der Waals surface area (Å²) in [6.07, 6.45) is 2.03. The third-order valence-corrected chi connectivity index (χ3v) is 7.18. The van der Waals surface area contributed by atoms with Crippen molar-refractivity contribution in [1.29, 1.82) is 0 Å². The van der Waals surface area contributed by atoms with Gasteiger partial charge in [0.1, 0.15) is 0 Å². The summed E-state index contributed by atoms with van der Waals surface area (Å²) < 4.78 is 12.3. The predicted octanol–water partition coefficient (Wildman–Crippen LogP) is 6.06. The van der Waals surface area contributed by atoms with Gasteiger partial charge < -0.3 is 9.05 Å². The molecule has 1 rings (SSSR count). The summed E-state index contributed by atoms with van der Waals surface area (Å²) in [5.74, 6) is 0. The molecule has 1 aromatic rings. The largest absolute Gasteiger partial charge is 0.326 e. The fourth-order valence-corrected chi connectivity index (χ4v) is 6.10. The van der Waals surface area contributed by atoms with Gasteiger partial charge in [-0.1, -0.05) is 73.3 Å². The normalized spacial score (nSPS) is 15.1. The number of alkyl halides is 3. The summed E-state index contributed by atoms with van der Waals surface area (Å²) >= 11 is 19.5. The van der Waals surface area contributed by atoms with Gasteiger partial charge in [-0.15, -0.1) is 0 Å². The van der Waals surface area contributed by atoms with E-state index < -0.39 is 8.63 Å². The standard InChI is InChI=1S/C12H15Br4O2PS/c1-2-3-8-17-19(20,18-9-12(14,15)16)11-7-5-4-6-10(11)13/h4-7H,2-3,8-9H2,1H3. The first kappa shape index (κ1) is 19.8. The van der Waals surface area contributed by atoms with Gasteiger partial charge in [-0.25, -0.2) is 0 Å². The molecule has 2 nitrogen and oxygen atoms in total. The van der Waals surface area contributed by atoms with Crippen molar-refractivity contribution < 1.29 is 9.05 Å². The number of rotatable bonds is 7. The van der Waals surface area contributed by atoms with E-state index in [4.69, 9.17) is 20.9 Å². The monoisotopic (exact) mass is 570 g/mol. The molecule has 0 aliphatic rings. The zero-order valence-corrected chi connectivity index (χ0v) is 18.9. The molecule has 0 aliphatic carbocycles. The van der Waals surface area contributed by atoms with E-state index in [-0.39, 0.29) is 0 Å². The zero-order chi connectivity index (χ0) is 15.2. The molecular formula is C12H15Br4O2PS. The van der Waals surface area contributed by atoms with Gasteiger partial charge >= 0.3 is 0 Å². The maximum atomic E-state index is 5.94. The van der Waals surface area contributed by atoms with Crippen molar-refractivity contribution in [1.82, 2.24) is 0 Å². The van der Waals surface area contributed by atoms with E-state index in [1.165, 1.54) is 0 Å². The molecule has 0 radical (unpaired) electrons. The van der Waals surface area contributed by atoms with Crippen molar-refractivity contribution in [2.75, 3.05) is 13.2 Å². The number of hydrogen-bond donors (Lipinski definition) is 0. The summed E-state index contributed by atoms with van der Waals surface area (Å²) in [7, 11) is 0. The van der Waals surface area contributed by atoms with Crippen molar-refractivity contribution >= 4 is 87.3 Å². The van der Waals surface area contributed by atoms with Crippen molar-refractivity contribution in [2.24, 2.45) is 0 Å². The second kappa shape index (κ2) is 9.11. The minimum atomic E-state index is -2.54. The molecule has 0 spiro atoms. The first-order valence-corrected chi connectivity index (χ1v) is 11.8. The van der Waals surface area contributed by atoms with Crippen LogP contribution in [-0.2, 0) is 20.9 Å². The number of halogens is 4. The lowest BCUT2D eigenvalue weighted by atomic mass is 10.4. The molecule has 1 aromatic carbocycles. The molecule has 0 N–H and O–H groups in total. The van der Waals surface area contributed by atoms with Gasteiger partial charge in [0.05, 0.1) is 18.5 Å². The Balaban J connectivity index is 2.95. The summed E-state index contributed by atoms with van der Waals surface area (Å²) in [6.45, 7) is 0.530. The smallest absolute Gasteiger partial charge is 0.220 e. The van der Waals surface area contributed by atoms with Crippen molar-refractivity contribution in [3.05, 3.63) is 28.7 Å². The summed E-state index contributed by atoms with van der Waals surface area (Å²) in [6, 6.07) is 7.79. The molecule has 0 bridgehead atoms. The molecule has 1 unspecified atom stereocenters. The molecule has 0 aliphatic heterocycles. The zero-order valence-electron chi connectivity index (χ0n) is 10.8. The molecule has 0 saturated heterocycles. The van der Waals surface area contributed by atoms with E-state index in [0.717, 1.165) is 22.6 Å². The van der Waals surface area contributed by atoms with Crippen LogP contribution in [0.5, 0.6) is 0 Å². The number of hydrogen-bond acceptors (Lipinski definition) is 3. The number of unbranched alkanes of at least 4 members (excludes halogenated alkanes) is 1. The maximum Gasteiger partial charge on any atom is 0.220 e. The molecule has 0 heterocycles. The van der Waals surface area contributed by atoms with Gasteiger partial charge in [-0.05, 0) is 46.3 Å². The van der Waals surface area contributed by atoms with Crippen LogP contribution < -0.4 is 5.30 Å². The van der Waals surface area contributed by atoms with Crippen LogP contribution >= 0.6 is 70.2 Å². The Hall–Kier alpha value is 1.71. The van der Waals surface area contributed by atoms with Crippen LogP contribution in [0.15, 0.2) is 28.7 Å². The Morgan fingerprint density at radius 2 is 1.85 bits per heavy atom. The van der Waals surface area contributed by atoms with Crippen molar-refractivity contribution in [3.8, 4) is 0 Å². The number of benzene rings is 1. The lowest BCUT2D eigenvalue weighted by Gasteiger charge is -2.25. The second-order valence-electron chi connectivity index (χ2n) is 4.02. The Labute approximate surface area is 159 Å². The molecule has 1 atom stereocenters. The Morgan fingerprint density at radius 1 is 1.20 bits per heavy atom. The Morgan fingerprint density at radius 3 is 2.40 bits per heavy atom. The van der Waals surface area contributed by atoms with Crippen LogP contribution in [0.1, 0.15) is 19.8 Å². The van der Waals surface area contributed by atoms with Crippen molar-refractivity contribution in [3.63, 3.8) is 0 Å². The maximum absolute atomic E-state index is 5.94. The predicted molar refractivity (Wildman–Crippen MR) is 104 cm³/mol. The first-order valence-electron chi connectivity index (χ1n) is 5.99. The topological polar surface area (TPSA) is 18.5 Å². The van der Waals surface area contributed by atoms with E-state index in [2.05, 4.69) is 70.6 Å². The minimum absolute atomic E-state index is 0.345. The molecule has 0 amide bonds. The van der Waals surface area contributed by atoms with E-state index in [1.807, 2.05) is 24.3 Å². The first-order chi connectivity index (χ1) is 9.28. The lowest BCUT2D eigenvalue weighted by molar-refractivity contribution is 0.258. The average molecular weight is 574 g/mol. The molecule has 0 saturated carbocycles. The highest BCUT2D eigenvalue weighted by molar-refractivity contribution is 9.39. The Kier molecular flexibility index (Phi) is 9.00. The highest BCUT2D eigenvalue weighted by Crippen LogP contribution is 2.51. The van der Waals surface area contributed by atoms with Gasteiger partial charge in [0.15, 0.2) is 2.14 Å². The second-order valence-corrected chi connectivity index (χ2v) is 15.6. The van der Waals surface area contributed by atoms with Crippen LogP contribution in [0.3, 0.4) is 0 Å². The van der Waals surface area contributed by atoms with E-state index in [1.54, 1.807) is 0 Å². The lowest BCUT2D eigenvalue weighted by Crippen LogP contribution is -2.17. The third-order valence-electron chi connectivity index (χ3n) is 2.30. The van der Waals surface area contributed by atoms with E-state index in [9.17, 15) is 0 Å². The summed E-state index contributed by atoms with van der Waals surface area (Å²) in [5.41, 5.74) is 0. The SMILES string of the molecule is CCCCOP(=S)(OCC(Br)(Br)Br)c1ccccc1Br. The van der Waals surface area contributed by atoms with Crippen LogP contribution in [0.4, 0.5) is 0 Å². The van der Waals surface area contributed by atoms with E-state index >= 15 is 0 Å².